The Morgan fingerprint density at radius 2 is 2.08 bits per heavy atom. The Balaban J connectivity index is 2.33. The smallest absolute Gasteiger partial charge is 0.235 e. The molecule has 0 aromatic carbocycles. The van der Waals surface area contributed by atoms with Gasteiger partial charge in [0.05, 0.1) is 19.5 Å². The summed E-state index contributed by atoms with van der Waals surface area (Å²) in [7, 11) is 1.58. The summed E-state index contributed by atoms with van der Waals surface area (Å²) in [6, 6.07) is 0. The van der Waals surface area contributed by atoms with Crippen molar-refractivity contribution in [3.8, 4) is 11.7 Å². The SMILES string of the molecule is COc1cnc(-n2ccnc2)nc1. The van der Waals surface area contributed by atoms with Crippen molar-refractivity contribution in [2.45, 2.75) is 0 Å². The van der Waals surface area contributed by atoms with Crippen LogP contribution in [0.4, 0.5) is 0 Å². The second-order valence-corrected chi connectivity index (χ2v) is 2.39. The minimum atomic E-state index is 0.582. The predicted molar refractivity (Wildman–Crippen MR) is 45.7 cm³/mol. The van der Waals surface area contributed by atoms with Crippen molar-refractivity contribution in [3.05, 3.63) is 31.1 Å². The second kappa shape index (κ2) is 3.22. The van der Waals surface area contributed by atoms with Crippen molar-refractivity contribution in [3.63, 3.8) is 0 Å². The quantitative estimate of drug-likeness (QED) is 0.674. The van der Waals surface area contributed by atoms with E-state index in [1.165, 1.54) is 0 Å². The maximum atomic E-state index is 4.94. The van der Waals surface area contributed by atoms with Crippen LogP contribution in [0.25, 0.3) is 5.95 Å². The molecule has 0 aliphatic rings. The molecule has 0 fully saturated rings. The molecule has 2 rings (SSSR count). The molecule has 5 nitrogen and oxygen atoms in total. The van der Waals surface area contributed by atoms with Crippen LogP contribution in [-0.4, -0.2) is 26.6 Å². The van der Waals surface area contributed by atoms with Crippen LogP contribution in [0.5, 0.6) is 5.75 Å². The molecule has 0 aliphatic carbocycles. The number of ether oxygens (including phenoxy) is 1. The Morgan fingerprint density at radius 1 is 1.31 bits per heavy atom. The van der Waals surface area contributed by atoms with E-state index in [0.29, 0.717) is 11.7 Å². The summed E-state index contributed by atoms with van der Waals surface area (Å²) in [4.78, 5) is 12.1. The first-order valence-electron chi connectivity index (χ1n) is 3.74. The zero-order valence-electron chi connectivity index (χ0n) is 7.08. The van der Waals surface area contributed by atoms with Crippen molar-refractivity contribution in [1.29, 1.82) is 0 Å². The molecule has 0 saturated carbocycles. The molecular weight excluding hydrogens is 168 g/mol. The lowest BCUT2D eigenvalue weighted by Gasteiger charge is -2.00. The van der Waals surface area contributed by atoms with Gasteiger partial charge >= 0.3 is 0 Å². The lowest BCUT2D eigenvalue weighted by atomic mass is 10.6. The van der Waals surface area contributed by atoms with E-state index in [4.69, 9.17) is 4.74 Å². The van der Waals surface area contributed by atoms with Gasteiger partial charge in [-0.05, 0) is 0 Å². The fraction of sp³-hybridized carbons (Fsp3) is 0.125. The van der Waals surface area contributed by atoms with E-state index in [9.17, 15) is 0 Å². The molecular formula is C8H8N4O. The average Bonchev–Trinajstić information content (AvgIpc) is 2.71. The summed E-state index contributed by atoms with van der Waals surface area (Å²) in [6.07, 6.45) is 8.32. The van der Waals surface area contributed by atoms with Gasteiger partial charge in [-0.2, -0.15) is 0 Å². The van der Waals surface area contributed by atoms with Crippen molar-refractivity contribution in [2.24, 2.45) is 0 Å². The number of hydrogen-bond donors (Lipinski definition) is 0. The lowest BCUT2D eigenvalue weighted by Crippen LogP contribution is -1.98. The van der Waals surface area contributed by atoms with Crippen LogP contribution in [0.1, 0.15) is 0 Å². The number of methoxy groups -OCH3 is 1. The third kappa shape index (κ3) is 1.48. The molecule has 0 amide bonds. The summed E-state index contributed by atoms with van der Waals surface area (Å²) >= 11 is 0. The number of aromatic nitrogens is 4. The molecule has 0 saturated heterocycles. The van der Waals surface area contributed by atoms with Crippen molar-refractivity contribution in [1.82, 2.24) is 19.5 Å². The predicted octanol–water partition coefficient (Wildman–Crippen LogP) is 0.671. The van der Waals surface area contributed by atoms with E-state index in [1.807, 2.05) is 0 Å². The number of imidazole rings is 1. The zero-order chi connectivity index (χ0) is 9.10. The Hall–Kier alpha value is -1.91. The van der Waals surface area contributed by atoms with Gasteiger partial charge in [0.1, 0.15) is 6.33 Å². The van der Waals surface area contributed by atoms with Gasteiger partial charge in [0.2, 0.25) is 5.95 Å². The molecule has 0 aliphatic heterocycles. The highest BCUT2D eigenvalue weighted by atomic mass is 16.5. The first-order chi connectivity index (χ1) is 6.40. The largest absolute Gasteiger partial charge is 0.494 e. The van der Waals surface area contributed by atoms with E-state index in [1.54, 1.807) is 42.8 Å². The monoisotopic (exact) mass is 176 g/mol. The molecule has 5 heteroatoms. The summed E-state index contributed by atoms with van der Waals surface area (Å²) in [5, 5.41) is 0. The number of rotatable bonds is 2. The molecule has 0 radical (unpaired) electrons. The van der Waals surface area contributed by atoms with Gasteiger partial charge in [0.15, 0.2) is 5.75 Å². The Morgan fingerprint density at radius 3 is 2.62 bits per heavy atom. The Bertz CT molecular complexity index is 368. The van der Waals surface area contributed by atoms with E-state index >= 15 is 0 Å². The van der Waals surface area contributed by atoms with Crippen LogP contribution < -0.4 is 4.74 Å². The molecule has 0 unspecified atom stereocenters. The maximum Gasteiger partial charge on any atom is 0.235 e. The van der Waals surface area contributed by atoms with Crippen LogP contribution in [0.2, 0.25) is 0 Å². The standard InChI is InChI=1S/C8H8N4O/c1-13-7-4-10-8(11-5-7)12-3-2-9-6-12/h2-6H,1H3. The molecule has 0 N–H and O–H groups in total. The van der Waals surface area contributed by atoms with Gasteiger partial charge in [0, 0.05) is 12.4 Å². The lowest BCUT2D eigenvalue weighted by molar-refractivity contribution is 0.410. The highest BCUT2D eigenvalue weighted by molar-refractivity contribution is 5.18. The van der Waals surface area contributed by atoms with Gasteiger partial charge < -0.3 is 4.74 Å². The van der Waals surface area contributed by atoms with Gasteiger partial charge in [-0.25, -0.2) is 15.0 Å². The summed E-state index contributed by atoms with van der Waals surface area (Å²) in [6.45, 7) is 0. The fourth-order valence-electron chi connectivity index (χ4n) is 0.926. The van der Waals surface area contributed by atoms with Crippen molar-refractivity contribution in [2.75, 3.05) is 7.11 Å². The minimum Gasteiger partial charge on any atom is -0.494 e. The van der Waals surface area contributed by atoms with Gasteiger partial charge in [-0.1, -0.05) is 0 Å². The van der Waals surface area contributed by atoms with Crippen molar-refractivity contribution < 1.29 is 4.74 Å². The first-order valence-corrected chi connectivity index (χ1v) is 3.74. The maximum absolute atomic E-state index is 4.94. The normalized spacial score (nSPS) is 9.92. The number of nitrogens with zero attached hydrogens (tertiary/aromatic N) is 4. The van der Waals surface area contributed by atoms with Crippen LogP contribution in [-0.2, 0) is 0 Å². The van der Waals surface area contributed by atoms with Gasteiger partial charge in [-0.15, -0.1) is 0 Å². The van der Waals surface area contributed by atoms with Crippen LogP contribution in [0.15, 0.2) is 31.1 Å². The molecule has 0 spiro atoms. The summed E-state index contributed by atoms with van der Waals surface area (Å²) in [5.74, 6) is 1.22. The van der Waals surface area contributed by atoms with Crippen molar-refractivity contribution >= 4 is 0 Å². The summed E-state index contributed by atoms with van der Waals surface area (Å²) in [5.41, 5.74) is 0. The van der Waals surface area contributed by atoms with E-state index in [-0.39, 0.29) is 0 Å². The fourth-order valence-corrected chi connectivity index (χ4v) is 0.926. The van der Waals surface area contributed by atoms with E-state index < -0.39 is 0 Å². The third-order valence-corrected chi connectivity index (χ3v) is 1.59. The Kier molecular flexibility index (Phi) is 1.91. The third-order valence-electron chi connectivity index (χ3n) is 1.59. The van der Waals surface area contributed by atoms with Crippen LogP contribution in [0, 0.1) is 0 Å². The first kappa shape index (κ1) is 7.72. The molecule has 2 aromatic rings. The topological polar surface area (TPSA) is 52.8 Å². The highest BCUT2D eigenvalue weighted by Crippen LogP contribution is 2.06. The molecule has 66 valence electrons. The summed E-state index contributed by atoms with van der Waals surface area (Å²) < 4.78 is 6.66. The van der Waals surface area contributed by atoms with Gasteiger partial charge in [0.25, 0.3) is 0 Å². The van der Waals surface area contributed by atoms with E-state index in [2.05, 4.69) is 15.0 Å². The van der Waals surface area contributed by atoms with Crippen LogP contribution >= 0.6 is 0 Å². The Labute approximate surface area is 75.0 Å². The molecule has 0 atom stereocenters. The zero-order valence-corrected chi connectivity index (χ0v) is 7.08. The molecule has 0 bridgehead atoms. The van der Waals surface area contributed by atoms with E-state index in [0.717, 1.165) is 0 Å². The highest BCUT2D eigenvalue weighted by Gasteiger charge is 1.98. The van der Waals surface area contributed by atoms with Crippen LogP contribution in [0.3, 0.4) is 0 Å². The number of hydrogen-bond acceptors (Lipinski definition) is 4. The average molecular weight is 176 g/mol. The molecule has 2 aromatic heterocycles. The van der Waals surface area contributed by atoms with Gasteiger partial charge in [-0.3, -0.25) is 4.57 Å². The second-order valence-electron chi connectivity index (χ2n) is 2.39. The molecule has 13 heavy (non-hydrogen) atoms. The minimum absolute atomic E-state index is 0.582. The molecule has 2 heterocycles.